The quantitative estimate of drug-likeness (QED) is 0.431. The fourth-order valence-electron chi connectivity index (χ4n) is 3.14. The average Bonchev–Trinajstić information content (AvgIpc) is 3.01. The van der Waals surface area contributed by atoms with Gasteiger partial charge >= 0.3 is 0 Å². The molecular weight excluding hydrogens is 418 g/mol. The first-order valence-electron chi connectivity index (χ1n) is 9.33. The third-order valence-corrected chi connectivity index (χ3v) is 5.76. The molecule has 0 spiro atoms. The molecule has 4 rings (SSSR count). The summed E-state index contributed by atoms with van der Waals surface area (Å²) in [5, 5.41) is -0.0274. The Bertz CT molecular complexity index is 1160. The summed E-state index contributed by atoms with van der Waals surface area (Å²) in [5.74, 6) is 0.245. The molecule has 0 aliphatic carbocycles. The lowest BCUT2D eigenvalue weighted by Gasteiger charge is -2.13. The van der Waals surface area contributed by atoms with Crippen LogP contribution in [0.3, 0.4) is 0 Å². The Labute approximate surface area is 184 Å². The number of carbonyl (C=O) groups is 2. The molecule has 1 saturated heterocycles. The van der Waals surface area contributed by atoms with E-state index < -0.39 is 5.91 Å². The summed E-state index contributed by atoms with van der Waals surface area (Å²) in [4.78, 5) is 26.9. The van der Waals surface area contributed by atoms with Gasteiger partial charge in [-0.1, -0.05) is 71.8 Å². The minimum atomic E-state index is -0.397. The van der Waals surface area contributed by atoms with Crippen molar-refractivity contribution < 1.29 is 14.3 Å². The molecule has 1 aliphatic rings. The van der Waals surface area contributed by atoms with Crippen LogP contribution < -0.4 is 9.64 Å². The van der Waals surface area contributed by atoms with Gasteiger partial charge in [0.2, 0.25) is 0 Å². The van der Waals surface area contributed by atoms with Crippen LogP contribution in [0.5, 0.6) is 5.75 Å². The van der Waals surface area contributed by atoms with Gasteiger partial charge in [-0.15, -0.1) is 0 Å². The van der Waals surface area contributed by atoms with Crippen molar-refractivity contribution in [3.63, 3.8) is 0 Å². The van der Waals surface area contributed by atoms with Crippen molar-refractivity contribution in [2.75, 3.05) is 4.90 Å². The van der Waals surface area contributed by atoms with Gasteiger partial charge in [0.05, 0.1) is 15.6 Å². The molecule has 0 N–H and O–H groups in total. The molecule has 0 atom stereocenters. The largest absolute Gasteiger partial charge is 0.488 e. The number of amides is 2. The Kier molecular flexibility index (Phi) is 5.93. The highest BCUT2D eigenvalue weighted by molar-refractivity contribution is 8.19. The van der Waals surface area contributed by atoms with E-state index in [-0.39, 0.29) is 5.24 Å². The lowest BCUT2D eigenvalue weighted by molar-refractivity contribution is -0.113. The molecule has 1 fully saturated rings. The zero-order valence-corrected chi connectivity index (χ0v) is 17.7. The maximum Gasteiger partial charge on any atom is 0.298 e. The summed E-state index contributed by atoms with van der Waals surface area (Å²) in [6, 6.07) is 22.3. The van der Waals surface area contributed by atoms with Gasteiger partial charge in [-0.05, 0) is 48.5 Å². The number of carbonyl (C=O) groups excluding carboxylic acids is 2. The molecule has 0 saturated carbocycles. The molecule has 0 unspecified atom stereocenters. The van der Waals surface area contributed by atoms with Crippen molar-refractivity contribution in [3.05, 3.63) is 99.4 Å². The molecule has 3 aromatic rings. The van der Waals surface area contributed by atoms with Crippen LogP contribution in [0.15, 0.2) is 77.7 Å². The smallest absolute Gasteiger partial charge is 0.298 e. The number of para-hydroxylation sites is 2. The highest BCUT2D eigenvalue weighted by atomic mass is 35.5. The van der Waals surface area contributed by atoms with E-state index in [1.54, 1.807) is 30.3 Å². The number of thioether (sulfide) groups is 1. The molecule has 1 heterocycles. The number of ether oxygens (including phenoxy) is 1. The highest BCUT2D eigenvalue weighted by Gasteiger charge is 2.37. The van der Waals surface area contributed by atoms with Gasteiger partial charge in [-0.25, -0.2) is 4.90 Å². The summed E-state index contributed by atoms with van der Waals surface area (Å²) in [6.07, 6.45) is 1.69. The van der Waals surface area contributed by atoms with Crippen molar-refractivity contribution in [1.82, 2.24) is 0 Å². The van der Waals surface area contributed by atoms with Crippen LogP contribution in [0, 0.1) is 6.92 Å². The standard InChI is InChI=1S/C24H18ClNO3S/c1-16-7-6-8-17(13-16)15-29-21-12-5-2-9-18(21)14-22-23(27)26(24(28)30-22)20-11-4-3-10-19(20)25/h2-14H,15H2,1H3/b22-14-. The van der Waals surface area contributed by atoms with Crippen LogP contribution in [0.25, 0.3) is 6.08 Å². The number of rotatable bonds is 5. The van der Waals surface area contributed by atoms with Crippen LogP contribution in [0.2, 0.25) is 5.02 Å². The second-order valence-corrected chi connectivity index (χ2v) is 8.18. The van der Waals surface area contributed by atoms with Crippen molar-refractivity contribution in [3.8, 4) is 5.75 Å². The molecule has 1 aliphatic heterocycles. The summed E-state index contributed by atoms with van der Waals surface area (Å²) in [5.41, 5.74) is 3.34. The second-order valence-electron chi connectivity index (χ2n) is 6.78. The number of nitrogens with zero attached hydrogens (tertiary/aromatic N) is 1. The molecule has 150 valence electrons. The zero-order valence-electron chi connectivity index (χ0n) is 16.2. The summed E-state index contributed by atoms with van der Waals surface area (Å²) < 4.78 is 6.00. The van der Waals surface area contributed by atoms with E-state index in [1.165, 1.54) is 0 Å². The van der Waals surface area contributed by atoms with Gasteiger partial charge in [0, 0.05) is 5.56 Å². The van der Waals surface area contributed by atoms with Gasteiger partial charge in [-0.3, -0.25) is 9.59 Å². The topological polar surface area (TPSA) is 46.6 Å². The second kappa shape index (κ2) is 8.78. The predicted molar refractivity (Wildman–Crippen MR) is 122 cm³/mol. The maximum absolute atomic E-state index is 12.9. The minimum absolute atomic E-state index is 0.325. The number of anilines is 1. The summed E-state index contributed by atoms with van der Waals surface area (Å²) >= 11 is 7.07. The number of benzene rings is 3. The molecule has 0 bridgehead atoms. The molecular formula is C24H18ClNO3S. The zero-order chi connectivity index (χ0) is 21.1. The minimum Gasteiger partial charge on any atom is -0.488 e. The Balaban J connectivity index is 1.59. The van der Waals surface area contributed by atoms with Gasteiger partial charge in [0.1, 0.15) is 12.4 Å². The predicted octanol–water partition coefficient (Wildman–Crippen LogP) is 6.47. The molecule has 6 heteroatoms. The Morgan fingerprint density at radius 2 is 1.77 bits per heavy atom. The number of imide groups is 1. The van der Waals surface area contributed by atoms with Gasteiger partial charge in [0.25, 0.3) is 11.1 Å². The van der Waals surface area contributed by atoms with E-state index in [1.807, 2.05) is 49.4 Å². The van der Waals surface area contributed by atoms with Crippen LogP contribution in [0.4, 0.5) is 10.5 Å². The van der Waals surface area contributed by atoms with Crippen molar-refractivity contribution >= 4 is 46.3 Å². The Morgan fingerprint density at radius 1 is 1.00 bits per heavy atom. The van der Waals surface area contributed by atoms with E-state index in [0.29, 0.717) is 28.0 Å². The van der Waals surface area contributed by atoms with Gasteiger partial charge in [0.15, 0.2) is 0 Å². The lowest BCUT2D eigenvalue weighted by Crippen LogP contribution is -2.27. The van der Waals surface area contributed by atoms with Crippen LogP contribution in [0.1, 0.15) is 16.7 Å². The number of hydrogen-bond acceptors (Lipinski definition) is 4. The first kappa shape index (κ1) is 20.3. The van der Waals surface area contributed by atoms with Crippen molar-refractivity contribution in [2.45, 2.75) is 13.5 Å². The number of halogens is 1. The highest BCUT2D eigenvalue weighted by Crippen LogP contribution is 2.39. The SMILES string of the molecule is Cc1cccc(COc2ccccc2/C=C2\SC(=O)N(c3ccccc3Cl)C2=O)c1. The molecule has 4 nitrogen and oxygen atoms in total. The molecule has 2 amide bonds. The van der Waals surface area contributed by atoms with Crippen LogP contribution in [-0.2, 0) is 11.4 Å². The maximum atomic E-state index is 12.9. The third kappa shape index (κ3) is 4.27. The first-order chi connectivity index (χ1) is 14.5. The summed E-state index contributed by atoms with van der Waals surface area (Å²) in [7, 11) is 0. The van der Waals surface area contributed by atoms with Crippen molar-refractivity contribution in [2.24, 2.45) is 0 Å². The van der Waals surface area contributed by atoms with E-state index in [0.717, 1.165) is 33.4 Å². The van der Waals surface area contributed by atoms with Gasteiger partial charge < -0.3 is 4.74 Å². The van der Waals surface area contributed by atoms with E-state index >= 15 is 0 Å². The Hall–Kier alpha value is -3.02. The van der Waals surface area contributed by atoms with Crippen LogP contribution in [-0.4, -0.2) is 11.1 Å². The summed E-state index contributed by atoms with van der Waals surface area (Å²) in [6.45, 7) is 2.44. The molecule has 0 radical (unpaired) electrons. The van der Waals surface area contributed by atoms with E-state index in [4.69, 9.17) is 16.3 Å². The van der Waals surface area contributed by atoms with Crippen molar-refractivity contribution in [1.29, 1.82) is 0 Å². The monoisotopic (exact) mass is 435 g/mol. The fourth-order valence-corrected chi connectivity index (χ4v) is 4.19. The van der Waals surface area contributed by atoms with Crippen LogP contribution >= 0.6 is 23.4 Å². The van der Waals surface area contributed by atoms with E-state index in [2.05, 4.69) is 6.07 Å². The molecule has 30 heavy (non-hydrogen) atoms. The normalized spacial score (nSPS) is 15.1. The van der Waals surface area contributed by atoms with E-state index in [9.17, 15) is 9.59 Å². The fraction of sp³-hybridized carbons (Fsp3) is 0.0833. The third-order valence-electron chi connectivity index (χ3n) is 4.57. The molecule has 3 aromatic carbocycles. The lowest BCUT2D eigenvalue weighted by atomic mass is 10.1. The molecule has 0 aromatic heterocycles. The average molecular weight is 436 g/mol. The Morgan fingerprint density at radius 3 is 2.57 bits per heavy atom. The number of aryl methyl sites for hydroxylation is 1. The number of hydrogen-bond donors (Lipinski definition) is 0. The first-order valence-corrected chi connectivity index (χ1v) is 10.5. The van der Waals surface area contributed by atoms with Gasteiger partial charge in [-0.2, -0.15) is 0 Å².